The lowest BCUT2D eigenvalue weighted by molar-refractivity contribution is -0.138. The van der Waals surface area contributed by atoms with Crippen LogP contribution >= 0.6 is 11.3 Å². The van der Waals surface area contributed by atoms with Crippen molar-refractivity contribution in [2.45, 2.75) is 26.3 Å². The van der Waals surface area contributed by atoms with Crippen LogP contribution in [0.15, 0.2) is 17.8 Å². The average molecular weight is 265 g/mol. The van der Waals surface area contributed by atoms with Crippen LogP contribution in [0.1, 0.15) is 20.3 Å². The van der Waals surface area contributed by atoms with Crippen molar-refractivity contribution in [1.29, 1.82) is 0 Å². The van der Waals surface area contributed by atoms with Crippen LogP contribution in [0, 0.1) is 5.92 Å². The van der Waals surface area contributed by atoms with Gasteiger partial charge in [-0.15, -0.1) is 11.3 Å². The van der Waals surface area contributed by atoms with Crippen molar-refractivity contribution in [2.75, 3.05) is 5.32 Å². The van der Waals surface area contributed by atoms with Crippen LogP contribution in [-0.4, -0.2) is 27.1 Å². The molecule has 2 aromatic rings. The Morgan fingerprint density at radius 2 is 2.28 bits per heavy atom. The largest absolute Gasteiger partial charge is 0.480 e. The van der Waals surface area contributed by atoms with Gasteiger partial charge in [0.1, 0.15) is 23.0 Å². The molecule has 0 spiro atoms. The predicted molar refractivity (Wildman–Crippen MR) is 71.9 cm³/mol. The molecule has 2 heterocycles. The first kappa shape index (κ1) is 12.8. The number of nitrogens with zero attached hydrogens (tertiary/aromatic N) is 2. The highest BCUT2D eigenvalue weighted by Gasteiger charge is 2.20. The molecule has 0 amide bonds. The fourth-order valence-electron chi connectivity index (χ4n) is 1.76. The maximum Gasteiger partial charge on any atom is 0.326 e. The van der Waals surface area contributed by atoms with Crippen molar-refractivity contribution in [3.05, 3.63) is 17.8 Å². The number of aliphatic carboxylic acids is 1. The van der Waals surface area contributed by atoms with Gasteiger partial charge in [0.05, 0.1) is 5.39 Å². The number of thiophene rings is 1. The van der Waals surface area contributed by atoms with Gasteiger partial charge in [-0.25, -0.2) is 14.8 Å². The zero-order valence-electron chi connectivity index (χ0n) is 10.3. The fraction of sp³-hybridized carbons (Fsp3) is 0.417. The SMILES string of the molecule is CC(C)CC(Nc1ncnc2sccc12)C(=O)O. The van der Waals surface area contributed by atoms with Crippen molar-refractivity contribution in [3.63, 3.8) is 0 Å². The summed E-state index contributed by atoms with van der Waals surface area (Å²) in [6.07, 6.45) is 2.01. The number of carbonyl (C=O) groups is 1. The Morgan fingerprint density at radius 1 is 1.50 bits per heavy atom. The van der Waals surface area contributed by atoms with Gasteiger partial charge in [-0.3, -0.25) is 0 Å². The lowest BCUT2D eigenvalue weighted by atomic mass is 10.0. The van der Waals surface area contributed by atoms with Gasteiger partial charge in [-0.05, 0) is 23.8 Å². The summed E-state index contributed by atoms with van der Waals surface area (Å²) in [6, 6.07) is 1.28. The van der Waals surface area contributed by atoms with E-state index in [0.29, 0.717) is 18.2 Å². The van der Waals surface area contributed by atoms with Crippen molar-refractivity contribution in [1.82, 2.24) is 9.97 Å². The van der Waals surface area contributed by atoms with Crippen molar-refractivity contribution < 1.29 is 9.90 Å². The lowest BCUT2D eigenvalue weighted by Gasteiger charge is -2.17. The van der Waals surface area contributed by atoms with Crippen molar-refractivity contribution in [3.8, 4) is 0 Å². The Hall–Kier alpha value is -1.69. The first-order valence-corrected chi connectivity index (χ1v) is 6.63. The predicted octanol–water partition coefficient (Wildman–Crippen LogP) is 2.60. The number of hydrogen-bond donors (Lipinski definition) is 2. The highest BCUT2D eigenvalue weighted by atomic mass is 32.1. The van der Waals surface area contributed by atoms with E-state index in [1.807, 2.05) is 25.3 Å². The Morgan fingerprint density at radius 3 is 2.94 bits per heavy atom. The third-order valence-electron chi connectivity index (χ3n) is 2.58. The van der Waals surface area contributed by atoms with E-state index in [0.717, 1.165) is 10.2 Å². The number of fused-ring (bicyclic) bond motifs is 1. The molecule has 0 aliphatic heterocycles. The summed E-state index contributed by atoms with van der Waals surface area (Å²) in [7, 11) is 0. The van der Waals surface area contributed by atoms with Crippen LogP contribution in [0.4, 0.5) is 5.82 Å². The Kier molecular flexibility index (Phi) is 3.76. The third kappa shape index (κ3) is 2.76. The van der Waals surface area contributed by atoms with Crippen LogP contribution in [0.3, 0.4) is 0 Å². The monoisotopic (exact) mass is 265 g/mol. The van der Waals surface area contributed by atoms with E-state index >= 15 is 0 Å². The van der Waals surface area contributed by atoms with Crippen LogP contribution in [0.25, 0.3) is 10.2 Å². The summed E-state index contributed by atoms with van der Waals surface area (Å²) in [5, 5.41) is 15.0. The lowest BCUT2D eigenvalue weighted by Crippen LogP contribution is -2.31. The molecule has 2 N–H and O–H groups in total. The average Bonchev–Trinajstić information content (AvgIpc) is 2.76. The zero-order valence-corrected chi connectivity index (χ0v) is 11.1. The molecule has 0 saturated heterocycles. The molecule has 0 fully saturated rings. The fourth-order valence-corrected chi connectivity index (χ4v) is 2.50. The molecule has 5 nitrogen and oxygen atoms in total. The first-order valence-electron chi connectivity index (χ1n) is 5.75. The maximum absolute atomic E-state index is 11.2. The van der Waals surface area contributed by atoms with Gasteiger partial charge in [-0.1, -0.05) is 13.8 Å². The van der Waals surface area contributed by atoms with E-state index in [1.165, 1.54) is 17.7 Å². The van der Waals surface area contributed by atoms with Crippen LogP contribution in [0.5, 0.6) is 0 Å². The van der Waals surface area contributed by atoms with Crippen LogP contribution in [0.2, 0.25) is 0 Å². The van der Waals surface area contributed by atoms with Gasteiger partial charge in [0, 0.05) is 0 Å². The molecule has 2 aromatic heterocycles. The number of hydrogen-bond acceptors (Lipinski definition) is 5. The van der Waals surface area contributed by atoms with Gasteiger partial charge in [0.2, 0.25) is 0 Å². The molecular formula is C12H15N3O2S. The van der Waals surface area contributed by atoms with Gasteiger partial charge >= 0.3 is 5.97 Å². The number of carboxylic acid groups (broad SMARTS) is 1. The molecule has 0 aliphatic rings. The van der Waals surface area contributed by atoms with E-state index < -0.39 is 12.0 Å². The van der Waals surface area contributed by atoms with E-state index in [9.17, 15) is 9.90 Å². The zero-order chi connectivity index (χ0) is 13.1. The van der Waals surface area contributed by atoms with Gasteiger partial charge in [0.25, 0.3) is 0 Å². The summed E-state index contributed by atoms with van der Waals surface area (Å²) < 4.78 is 0. The standard InChI is InChI=1S/C12H15N3O2S/c1-7(2)5-9(12(16)17)15-10-8-3-4-18-11(8)14-6-13-10/h3-4,6-7,9H,5H2,1-2H3,(H,16,17)(H,13,14,15). The van der Waals surface area contributed by atoms with Crippen LogP contribution in [-0.2, 0) is 4.79 Å². The Bertz CT molecular complexity index is 553. The maximum atomic E-state index is 11.2. The van der Waals surface area contributed by atoms with Crippen LogP contribution < -0.4 is 5.32 Å². The normalized spacial score (nSPS) is 12.8. The minimum atomic E-state index is -0.856. The minimum absolute atomic E-state index is 0.304. The molecular weight excluding hydrogens is 250 g/mol. The molecule has 96 valence electrons. The molecule has 2 rings (SSSR count). The van der Waals surface area contributed by atoms with E-state index in [-0.39, 0.29) is 0 Å². The molecule has 0 aliphatic carbocycles. The minimum Gasteiger partial charge on any atom is -0.480 e. The van der Waals surface area contributed by atoms with E-state index in [1.54, 1.807) is 0 Å². The highest BCUT2D eigenvalue weighted by molar-refractivity contribution is 7.16. The summed E-state index contributed by atoms with van der Waals surface area (Å²) in [6.45, 7) is 4.00. The molecule has 1 atom stereocenters. The molecule has 0 saturated carbocycles. The molecule has 1 unspecified atom stereocenters. The second kappa shape index (κ2) is 5.30. The van der Waals surface area contributed by atoms with Gasteiger partial charge in [-0.2, -0.15) is 0 Å². The molecule has 0 bridgehead atoms. The number of anilines is 1. The smallest absolute Gasteiger partial charge is 0.326 e. The van der Waals surface area contributed by atoms with E-state index in [4.69, 9.17) is 0 Å². The summed E-state index contributed by atoms with van der Waals surface area (Å²) in [5.41, 5.74) is 0. The Labute approximate surface area is 109 Å². The van der Waals surface area contributed by atoms with Crippen molar-refractivity contribution in [2.24, 2.45) is 5.92 Å². The number of rotatable bonds is 5. The Balaban J connectivity index is 2.25. The molecule has 6 heteroatoms. The van der Waals surface area contributed by atoms with Gasteiger partial charge in [0.15, 0.2) is 0 Å². The quantitative estimate of drug-likeness (QED) is 0.869. The summed E-state index contributed by atoms with van der Waals surface area (Å²) in [5.74, 6) is 0.0402. The second-order valence-corrected chi connectivity index (χ2v) is 5.42. The van der Waals surface area contributed by atoms with E-state index in [2.05, 4.69) is 15.3 Å². The summed E-state index contributed by atoms with van der Waals surface area (Å²) >= 11 is 1.51. The number of aromatic nitrogens is 2. The molecule has 18 heavy (non-hydrogen) atoms. The first-order chi connectivity index (χ1) is 8.58. The third-order valence-corrected chi connectivity index (χ3v) is 3.40. The van der Waals surface area contributed by atoms with Gasteiger partial charge < -0.3 is 10.4 Å². The summed E-state index contributed by atoms with van der Waals surface area (Å²) in [4.78, 5) is 20.3. The van der Waals surface area contributed by atoms with Crippen molar-refractivity contribution >= 4 is 33.3 Å². The second-order valence-electron chi connectivity index (χ2n) is 4.53. The highest BCUT2D eigenvalue weighted by Crippen LogP contribution is 2.24. The topological polar surface area (TPSA) is 75.1 Å². The number of carboxylic acids is 1. The molecule has 0 aromatic carbocycles. The number of nitrogens with one attached hydrogen (secondary N) is 1. The molecule has 0 radical (unpaired) electrons.